The molecule has 1 aromatic carbocycles. The van der Waals surface area contributed by atoms with Gasteiger partial charge < -0.3 is 4.79 Å². The molecule has 3 aliphatic carbocycles. The highest BCUT2D eigenvalue weighted by atomic mass is 19.1. The van der Waals surface area contributed by atoms with Crippen molar-refractivity contribution in [1.82, 2.24) is 0 Å². The fraction of sp³-hybridized carbons (Fsp3) is 0.636. The molecule has 2 saturated carbocycles. The van der Waals surface area contributed by atoms with Gasteiger partial charge in [-0.2, -0.15) is 5.26 Å². The van der Waals surface area contributed by atoms with E-state index in [-0.39, 0.29) is 11.4 Å². The third kappa shape index (κ3) is 3.24. The van der Waals surface area contributed by atoms with Gasteiger partial charge in [0.2, 0.25) is 0 Å². The van der Waals surface area contributed by atoms with Crippen LogP contribution >= 0.6 is 0 Å². The van der Waals surface area contributed by atoms with E-state index in [4.69, 9.17) is 10.1 Å². The zero-order valence-electron chi connectivity index (χ0n) is 15.8. The maximum absolute atomic E-state index is 14.4. The lowest BCUT2D eigenvalue weighted by Gasteiger charge is -2.49. The minimum Gasteiger partial charge on any atom is -0.307 e. The van der Waals surface area contributed by atoms with Crippen LogP contribution in [0.3, 0.4) is 0 Å². The number of carbonyl (C=O) groups excluding carboxylic acids is 1. The molecule has 4 unspecified atom stereocenters. The number of halogens is 1. The predicted molar refractivity (Wildman–Crippen MR) is 98.8 cm³/mol. The molecule has 0 aromatic heterocycles. The molecule has 4 rings (SSSR count). The van der Waals surface area contributed by atoms with Crippen molar-refractivity contribution in [1.29, 1.82) is 5.26 Å². The van der Waals surface area contributed by atoms with E-state index in [1.165, 1.54) is 37.7 Å². The molecule has 2 nitrogen and oxygen atoms in total. The van der Waals surface area contributed by atoms with Crippen LogP contribution in [0.2, 0.25) is 0 Å². The van der Waals surface area contributed by atoms with Crippen LogP contribution in [-0.4, -0.2) is 6.79 Å². The summed E-state index contributed by atoms with van der Waals surface area (Å²) in [5.74, 6) is 1.87. The summed E-state index contributed by atoms with van der Waals surface area (Å²) in [6.07, 6.45) is 8.56. The Hall–Kier alpha value is -1.69. The zero-order valence-corrected chi connectivity index (χ0v) is 15.8. The molecule has 0 bridgehead atoms. The second kappa shape index (κ2) is 8.13. The topological polar surface area (TPSA) is 40.9 Å². The van der Waals surface area contributed by atoms with Crippen LogP contribution in [-0.2, 0) is 11.2 Å². The molecule has 3 aliphatic rings. The van der Waals surface area contributed by atoms with E-state index in [1.807, 2.05) is 32.8 Å². The van der Waals surface area contributed by atoms with Crippen molar-refractivity contribution < 1.29 is 9.18 Å². The van der Waals surface area contributed by atoms with Crippen molar-refractivity contribution in [3.63, 3.8) is 0 Å². The first-order valence-corrected chi connectivity index (χ1v) is 9.64. The number of nitriles is 1. The standard InChI is InChI=1S/C19H22FN.C2H6.CH2O/c1-19-9-2-3-17(19)15-6-7-16-13(14(15)8-10-19)5-4-12(11-21)18(16)20;2*1-2/h4-5,14-15,17H,2-3,6-10H2,1H3;1-2H3;1H2. The number of hydrogen-bond acceptors (Lipinski definition) is 2. The van der Waals surface area contributed by atoms with Crippen LogP contribution in [0.25, 0.3) is 0 Å². The van der Waals surface area contributed by atoms with Gasteiger partial charge in [0.1, 0.15) is 18.7 Å². The molecule has 0 aliphatic heterocycles. The van der Waals surface area contributed by atoms with E-state index in [9.17, 15) is 4.39 Å². The Kier molecular flexibility index (Phi) is 6.38. The Balaban J connectivity index is 0.000000528. The number of fused-ring (bicyclic) bond motifs is 5. The van der Waals surface area contributed by atoms with Crippen molar-refractivity contribution in [2.45, 2.75) is 71.6 Å². The molecule has 0 amide bonds. The maximum Gasteiger partial charge on any atom is 0.144 e. The molecule has 0 radical (unpaired) electrons. The summed E-state index contributed by atoms with van der Waals surface area (Å²) < 4.78 is 14.4. The summed E-state index contributed by atoms with van der Waals surface area (Å²) in [5, 5.41) is 9.02. The summed E-state index contributed by atoms with van der Waals surface area (Å²) in [4.78, 5) is 8.00. The molecular formula is C22H30FNO. The zero-order chi connectivity index (χ0) is 18.6. The Morgan fingerprint density at radius 2 is 1.92 bits per heavy atom. The van der Waals surface area contributed by atoms with Crippen molar-refractivity contribution in [2.24, 2.45) is 17.3 Å². The van der Waals surface area contributed by atoms with Crippen LogP contribution < -0.4 is 0 Å². The van der Waals surface area contributed by atoms with Crippen LogP contribution in [0.1, 0.15) is 81.9 Å². The number of nitrogens with zero attached hydrogens (tertiary/aromatic N) is 1. The van der Waals surface area contributed by atoms with Gasteiger partial charge in [0, 0.05) is 0 Å². The van der Waals surface area contributed by atoms with Crippen LogP contribution in [0.4, 0.5) is 4.39 Å². The van der Waals surface area contributed by atoms with Gasteiger partial charge in [-0.25, -0.2) is 4.39 Å². The van der Waals surface area contributed by atoms with Crippen LogP contribution in [0, 0.1) is 34.4 Å². The highest BCUT2D eigenvalue weighted by molar-refractivity contribution is 5.43. The van der Waals surface area contributed by atoms with E-state index in [1.54, 1.807) is 6.07 Å². The molecule has 1 aromatic rings. The predicted octanol–water partition coefficient (Wildman–Crippen LogP) is 5.78. The summed E-state index contributed by atoms with van der Waals surface area (Å²) >= 11 is 0. The lowest BCUT2D eigenvalue weighted by molar-refractivity contribution is -0.0979. The Bertz CT molecular complexity index is 650. The van der Waals surface area contributed by atoms with Gasteiger partial charge in [0.15, 0.2) is 0 Å². The lowest BCUT2D eigenvalue weighted by atomic mass is 9.56. The summed E-state index contributed by atoms with van der Waals surface area (Å²) in [7, 11) is 0. The number of rotatable bonds is 0. The SMILES string of the molecule is C=O.CC.CC12CCCC1C1CCc3c(ccc(C#N)c3F)C1CC2. The Labute approximate surface area is 151 Å². The summed E-state index contributed by atoms with van der Waals surface area (Å²) in [6.45, 7) is 8.48. The average molecular weight is 343 g/mol. The van der Waals surface area contributed by atoms with E-state index >= 15 is 0 Å². The van der Waals surface area contributed by atoms with Gasteiger partial charge in [-0.1, -0.05) is 33.3 Å². The molecule has 0 heterocycles. The number of hydrogen-bond donors (Lipinski definition) is 0. The molecule has 0 saturated heterocycles. The van der Waals surface area contributed by atoms with E-state index < -0.39 is 0 Å². The highest BCUT2D eigenvalue weighted by Gasteiger charge is 2.50. The minimum atomic E-state index is -0.242. The fourth-order valence-electron chi connectivity index (χ4n) is 5.70. The first kappa shape index (κ1) is 19.6. The maximum atomic E-state index is 14.4. The van der Waals surface area contributed by atoms with E-state index in [2.05, 4.69) is 6.92 Å². The van der Waals surface area contributed by atoms with Crippen molar-refractivity contribution in [2.75, 3.05) is 0 Å². The normalized spacial score (nSPS) is 31.7. The van der Waals surface area contributed by atoms with Gasteiger partial charge in [0.25, 0.3) is 0 Å². The summed E-state index contributed by atoms with van der Waals surface area (Å²) in [5.41, 5.74) is 2.83. The molecule has 25 heavy (non-hydrogen) atoms. The third-order valence-electron chi connectivity index (χ3n) is 6.75. The molecule has 136 valence electrons. The Morgan fingerprint density at radius 1 is 1.20 bits per heavy atom. The largest absolute Gasteiger partial charge is 0.307 e. The van der Waals surface area contributed by atoms with Crippen LogP contribution in [0.15, 0.2) is 12.1 Å². The smallest absolute Gasteiger partial charge is 0.144 e. The Morgan fingerprint density at radius 3 is 2.60 bits per heavy atom. The van der Waals surface area contributed by atoms with Crippen molar-refractivity contribution in [3.05, 3.63) is 34.6 Å². The first-order chi connectivity index (χ1) is 12.1. The van der Waals surface area contributed by atoms with Crippen molar-refractivity contribution in [3.8, 4) is 6.07 Å². The number of benzene rings is 1. The molecule has 2 fully saturated rings. The molecule has 0 spiro atoms. The van der Waals surface area contributed by atoms with Gasteiger partial charge >= 0.3 is 0 Å². The van der Waals surface area contributed by atoms with Gasteiger partial charge in [-0.05, 0) is 78.9 Å². The second-order valence-corrected chi connectivity index (χ2v) is 7.61. The van der Waals surface area contributed by atoms with Crippen molar-refractivity contribution >= 4 is 6.79 Å². The molecular weight excluding hydrogens is 313 g/mol. The van der Waals surface area contributed by atoms with E-state index in [0.717, 1.165) is 30.2 Å². The van der Waals surface area contributed by atoms with Gasteiger partial charge in [-0.3, -0.25) is 0 Å². The highest BCUT2D eigenvalue weighted by Crippen LogP contribution is 2.60. The monoisotopic (exact) mass is 343 g/mol. The first-order valence-electron chi connectivity index (χ1n) is 9.64. The summed E-state index contributed by atoms with van der Waals surface area (Å²) in [6, 6.07) is 5.73. The van der Waals surface area contributed by atoms with Crippen LogP contribution in [0.5, 0.6) is 0 Å². The van der Waals surface area contributed by atoms with Gasteiger partial charge in [-0.15, -0.1) is 0 Å². The molecule has 4 atom stereocenters. The third-order valence-corrected chi connectivity index (χ3v) is 6.75. The minimum absolute atomic E-state index is 0.216. The average Bonchev–Trinajstić information content (AvgIpc) is 3.07. The fourth-order valence-corrected chi connectivity index (χ4v) is 5.70. The molecule has 3 heteroatoms. The quantitative estimate of drug-likeness (QED) is 0.598. The van der Waals surface area contributed by atoms with E-state index in [0.29, 0.717) is 11.3 Å². The van der Waals surface area contributed by atoms with Gasteiger partial charge in [0.05, 0.1) is 5.56 Å². The second-order valence-electron chi connectivity index (χ2n) is 7.61. The number of carbonyl (C=O) groups is 1. The molecule has 0 N–H and O–H groups in total. The lowest BCUT2D eigenvalue weighted by Crippen LogP contribution is -2.39.